The molecule has 0 spiro atoms. The van der Waals surface area contributed by atoms with Crippen molar-refractivity contribution in [1.82, 2.24) is 10.3 Å². The van der Waals surface area contributed by atoms with Crippen LogP contribution in [0.25, 0.3) is 0 Å². The summed E-state index contributed by atoms with van der Waals surface area (Å²) in [6.45, 7) is 2.37. The maximum Gasteiger partial charge on any atom is 0.319 e. The van der Waals surface area contributed by atoms with Crippen LogP contribution in [0.3, 0.4) is 0 Å². The second kappa shape index (κ2) is 6.38. The van der Waals surface area contributed by atoms with E-state index in [0.29, 0.717) is 22.6 Å². The summed E-state index contributed by atoms with van der Waals surface area (Å²) in [6.07, 6.45) is 0.836. The van der Waals surface area contributed by atoms with E-state index in [9.17, 15) is 9.90 Å². The van der Waals surface area contributed by atoms with E-state index in [1.54, 1.807) is 0 Å². The Bertz CT molecular complexity index is 512. The molecule has 0 bridgehead atoms. The fourth-order valence-corrected chi connectivity index (χ4v) is 2.31. The zero-order valence-electron chi connectivity index (χ0n) is 11.1. The number of nitrogens with zero attached hydrogens (tertiary/aromatic N) is 1. The Morgan fingerprint density at radius 1 is 1.60 bits per heavy atom. The van der Waals surface area contributed by atoms with E-state index in [-0.39, 0.29) is 6.61 Å². The van der Waals surface area contributed by atoms with Crippen LogP contribution in [-0.4, -0.2) is 48.6 Å². The van der Waals surface area contributed by atoms with Crippen LogP contribution >= 0.6 is 15.9 Å². The van der Waals surface area contributed by atoms with Crippen LogP contribution in [0, 0.1) is 6.92 Å². The first-order valence-corrected chi connectivity index (χ1v) is 6.84. The summed E-state index contributed by atoms with van der Waals surface area (Å²) in [5.74, 6) is 0.452. The van der Waals surface area contributed by atoms with E-state index >= 15 is 0 Å². The lowest BCUT2D eigenvalue weighted by Gasteiger charge is -2.16. The lowest BCUT2D eigenvalue weighted by Crippen LogP contribution is -2.44. The number of amides is 2. The third-order valence-electron chi connectivity index (χ3n) is 3.04. The molecule has 0 saturated carbocycles. The van der Waals surface area contributed by atoms with Crippen LogP contribution in [0.1, 0.15) is 5.56 Å². The van der Waals surface area contributed by atoms with E-state index in [0.717, 1.165) is 5.56 Å². The number of halogens is 1. The highest BCUT2D eigenvalue weighted by Gasteiger charge is 2.27. The molecule has 8 heteroatoms. The molecule has 20 heavy (non-hydrogen) atoms. The number of nitrogens with one attached hydrogen (secondary N) is 2. The number of anilines is 1. The Morgan fingerprint density at radius 3 is 2.95 bits per heavy atom. The first-order chi connectivity index (χ1) is 9.52. The van der Waals surface area contributed by atoms with Gasteiger partial charge in [0, 0.05) is 0 Å². The SMILES string of the molecule is COc1ncc(NC(=O)N[C@@H]2COC[C@@H]2O)c(C)c1Br. The number of pyridine rings is 1. The second-order valence-electron chi connectivity index (χ2n) is 4.43. The molecule has 110 valence electrons. The maximum absolute atomic E-state index is 11.9. The minimum atomic E-state index is -0.678. The molecule has 1 fully saturated rings. The molecule has 2 rings (SSSR count). The fraction of sp³-hybridized carbons (Fsp3) is 0.500. The highest BCUT2D eigenvalue weighted by molar-refractivity contribution is 9.10. The molecule has 1 aliphatic heterocycles. The average Bonchev–Trinajstić information content (AvgIpc) is 2.81. The largest absolute Gasteiger partial charge is 0.480 e. The van der Waals surface area contributed by atoms with Crippen LogP contribution in [0.4, 0.5) is 10.5 Å². The van der Waals surface area contributed by atoms with E-state index in [1.165, 1.54) is 13.3 Å². The number of aromatic nitrogens is 1. The lowest BCUT2D eigenvalue weighted by atomic mass is 10.2. The van der Waals surface area contributed by atoms with Crippen molar-refractivity contribution >= 4 is 27.6 Å². The highest BCUT2D eigenvalue weighted by Crippen LogP contribution is 2.30. The molecule has 2 heterocycles. The van der Waals surface area contributed by atoms with Crippen molar-refractivity contribution in [2.45, 2.75) is 19.1 Å². The summed E-state index contributed by atoms with van der Waals surface area (Å²) in [6, 6.07) is -0.813. The van der Waals surface area contributed by atoms with Crippen LogP contribution in [-0.2, 0) is 4.74 Å². The van der Waals surface area contributed by atoms with Crippen molar-refractivity contribution in [2.24, 2.45) is 0 Å². The molecule has 2 atom stereocenters. The van der Waals surface area contributed by atoms with Crippen molar-refractivity contribution in [2.75, 3.05) is 25.6 Å². The quantitative estimate of drug-likeness (QED) is 0.761. The van der Waals surface area contributed by atoms with Gasteiger partial charge in [-0.2, -0.15) is 0 Å². The van der Waals surface area contributed by atoms with Gasteiger partial charge in [0.25, 0.3) is 0 Å². The number of rotatable bonds is 3. The molecular formula is C12H16BrN3O4. The molecule has 1 aromatic rings. The number of hydrogen-bond donors (Lipinski definition) is 3. The summed E-state index contributed by atoms with van der Waals surface area (Å²) in [7, 11) is 1.52. The summed E-state index contributed by atoms with van der Waals surface area (Å²) in [5.41, 5.74) is 1.36. The third kappa shape index (κ3) is 3.20. The Hall–Kier alpha value is -1.38. The number of ether oxygens (including phenoxy) is 2. The van der Waals surface area contributed by atoms with Gasteiger partial charge in [0.2, 0.25) is 5.88 Å². The predicted octanol–water partition coefficient (Wildman–Crippen LogP) is 1.04. The molecule has 0 unspecified atom stereocenters. The molecule has 0 aliphatic carbocycles. The van der Waals surface area contributed by atoms with Crippen molar-refractivity contribution in [3.05, 3.63) is 16.2 Å². The number of hydrogen-bond acceptors (Lipinski definition) is 5. The van der Waals surface area contributed by atoms with Gasteiger partial charge < -0.3 is 25.2 Å². The van der Waals surface area contributed by atoms with Crippen molar-refractivity contribution in [1.29, 1.82) is 0 Å². The summed E-state index contributed by atoms with van der Waals surface area (Å²) in [5, 5.41) is 14.9. The maximum atomic E-state index is 11.9. The van der Waals surface area contributed by atoms with Crippen molar-refractivity contribution in [3.8, 4) is 5.88 Å². The lowest BCUT2D eigenvalue weighted by molar-refractivity contribution is 0.123. The van der Waals surface area contributed by atoms with Crippen LogP contribution in [0.2, 0.25) is 0 Å². The number of aliphatic hydroxyl groups is 1. The van der Waals surface area contributed by atoms with E-state index in [1.807, 2.05) is 6.92 Å². The number of methoxy groups -OCH3 is 1. The molecule has 1 aliphatic rings. The molecular weight excluding hydrogens is 330 g/mol. The zero-order valence-corrected chi connectivity index (χ0v) is 12.7. The van der Waals surface area contributed by atoms with Gasteiger partial charge in [-0.05, 0) is 28.4 Å². The smallest absolute Gasteiger partial charge is 0.319 e. The Morgan fingerprint density at radius 2 is 2.35 bits per heavy atom. The van der Waals surface area contributed by atoms with Gasteiger partial charge in [-0.3, -0.25) is 0 Å². The minimum absolute atomic E-state index is 0.236. The first-order valence-electron chi connectivity index (χ1n) is 6.05. The zero-order chi connectivity index (χ0) is 14.7. The third-order valence-corrected chi connectivity index (χ3v) is 3.97. The summed E-state index contributed by atoms with van der Waals surface area (Å²) < 4.78 is 10.8. The fourth-order valence-electron chi connectivity index (χ4n) is 1.83. The van der Waals surface area contributed by atoms with Gasteiger partial charge >= 0.3 is 6.03 Å². The van der Waals surface area contributed by atoms with Gasteiger partial charge in [-0.25, -0.2) is 9.78 Å². The Balaban J connectivity index is 2.02. The number of carbonyl (C=O) groups excluding carboxylic acids is 1. The van der Waals surface area contributed by atoms with Gasteiger partial charge in [0.05, 0.1) is 48.8 Å². The molecule has 0 radical (unpaired) electrons. The standard InChI is InChI=1S/C12H16BrN3O4/c1-6-7(3-14-11(19-2)10(6)13)15-12(18)16-8-4-20-5-9(8)17/h3,8-9,17H,4-5H2,1-2H3,(H2,15,16,18)/t8-,9+/m1/s1. The number of urea groups is 1. The van der Waals surface area contributed by atoms with Gasteiger partial charge in [-0.1, -0.05) is 0 Å². The Labute approximate surface area is 124 Å². The van der Waals surface area contributed by atoms with E-state index < -0.39 is 18.2 Å². The van der Waals surface area contributed by atoms with E-state index in [4.69, 9.17) is 9.47 Å². The normalized spacial score (nSPS) is 21.6. The van der Waals surface area contributed by atoms with E-state index in [2.05, 4.69) is 31.5 Å². The van der Waals surface area contributed by atoms with Gasteiger partial charge in [0.15, 0.2) is 0 Å². The molecule has 1 saturated heterocycles. The topological polar surface area (TPSA) is 92.7 Å². The molecule has 2 amide bonds. The molecule has 0 aromatic carbocycles. The Kier molecular flexibility index (Phi) is 4.79. The summed E-state index contributed by atoms with van der Waals surface area (Å²) >= 11 is 3.36. The monoisotopic (exact) mass is 345 g/mol. The summed E-state index contributed by atoms with van der Waals surface area (Å²) in [4.78, 5) is 15.9. The predicted molar refractivity (Wildman–Crippen MR) is 76.0 cm³/mol. The van der Waals surface area contributed by atoms with Crippen LogP contribution in [0.15, 0.2) is 10.7 Å². The second-order valence-corrected chi connectivity index (χ2v) is 5.22. The molecule has 7 nitrogen and oxygen atoms in total. The first kappa shape index (κ1) is 15.0. The minimum Gasteiger partial charge on any atom is -0.480 e. The molecule has 3 N–H and O–H groups in total. The molecule has 1 aromatic heterocycles. The van der Waals surface area contributed by atoms with Crippen LogP contribution in [0.5, 0.6) is 5.88 Å². The number of aliphatic hydroxyl groups excluding tert-OH is 1. The average molecular weight is 346 g/mol. The number of carbonyl (C=O) groups is 1. The van der Waals surface area contributed by atoms with Gasteiger partial charge in [0.1, 0.15) is 0 Å². The van der Waals surface area contributed by atoms with Crippen molar-refractivity contribution in [3.63, 3.8) is 0 Å². The van der Waals surface area contributed by atoms with Crippen LogP contribution < -0.4 is 15.4 Å². The van der Waals surface area contributed by atoms with Crippen molar-refractivity contribution < 1.29 is 19.4 Å². The highest BCUT2D eigenvalue weighted by atomic mass is 79.9. The van der Waals surface area contributed by atoms with Gasteiger partial charge in [-0.15, -0.1) is 0 Å².